The second-order valence-corrected chi connectivity index (χ2v) is 3.16. The topological polar surface area (TPSA) is 85.9 Å². The zero-order valence-corrected chi connectivity index (χ0v) is 8.49. The standard InChI is InChI=1S/C9H9N5O2/c1-13-6-7(5-11-13)12-8-3-2-4-10-9(8)14(15)16/h2-6,12H,1H3. The molecule has 0 radical (unpaired) electrons. The van der Waals surface area contributed by atoms with Crippen molar-refractivity contribution in [3.63, 3.8) is 0 Å². The third-order valence-electron chi connectivity index (χ3n) is 1.94. The number of hydrogen-bond acceptors (Lipinski definition) is 5. The van der Waals surface area contributed by atoms with E-state index in [-0.39, 0.29) is 5.82 Å². The third kappa shape index (κ3) is 1.97. The fourth-order valence-electron chi connectivity index (χ4n) is 1.28. The monoisotopic (exact) mass is 219 g/mol. The van der Waals surface area contributed by atoms with E-state index >= 15 is 0 Å². The highest BCUT2D eigenvalue weighted by Gasteiger charge is 2.14. The highest BCUT2D eigenvalue weighted by atomic mass is 16.6. The molecule has 82 valence electrons. The fraction of sp³-hybridized carbons (Fsp3) is 0.111. The minimum atomic E-state index is -0.529. The summed E-state index contributed by atoms with van der Waals surface area (Å²) in [6, 6.07) is 3.23. The summed E-state index contributed by atoms with van der Waals surface area (Å²) >= 11 is 0. The lowest BCUT2D eigenvalue weighted by atomic mass is 10.3. The minimum Gasteiger partial charge on any atom is -0.358 e. The molecule has 0 saturated heterocycles. The summed E-state index contributed by atoms with van der Waals surface area (Å²) in [5, 5.41) is 17.5. The van der Waals surface area contributed by atoms with Gasteiger partial charge in [-0.3, -0.25) is 4.68 Å². The summed E-state index contributed by atoms with van der Waals surface area (Å²) in [6.45, 7) is 0. The molecule has 0 fully saturated rings. The van der Waals surface area contributed by atoms with E-state index in [0.717, 1.165) is 0 Å². The van der Waals surface area contributed by atoms with Crippen molar-refractivity contribution in [2.75, 3.05) is 5.32 Å². The van der Waals surface area contributed by atoms with Crippen molar-refractivity contribution in [3.05, 3.63) is 40.8 Å². The molecule has 0 atom stereocenters. The van der Waals surface area contributed by atoms with E-state index in [0.29, 0.717) is 11.4 Å². The molecule has 7 heteroatoms. The number of aryl methyl sites for hydroxylation is 1. The number of anilines is 2. The van der Waals surface area contributed by atoms with E-state index in [1.807, 2.05) is 0 Å². The predicted octanol–water partition coefficient (Wildman–Crippen LogP) is 1.47. The molecule has 7 nitrogen and oxygen atoms in total. The van der Waals surface area contributed by atoms with Crippen LogP contribution in [0.25, 0.3) is 0 Å². The van der Waals surface area contributed by atoms with E-state index in [2.05, 4.69) is 15.4 Å². The largest absolute Gasteiger partial charge is 0.387 e. The van der Waals surface area contributed by atoms with Crippen LogP contribution in [0.15, 0.2) is 30.7 Å². The quantitative estimate of drug-likeness (QED) is 0.624. The molecule has 0 aromatic carbocycles. The van der Waals surface area contributed by atoms with E-state index in [4.69, 9.17) is 0 Å². The van der Waals surface area contributed by atoms with Crippen molar-refractivity contribution in [2.24, 2.45) is 7.05 Å². The molecule has 0 aliphatic carbocycles. The Morgan fingerprint density at radius 2 is 2.38 bits per heavy atom. The minimum absolute atomic E-state index is 0.202. The van der Waals surface area contributed by atoms with Gasteiger partial charge in [-0.05, 0) is 22.0 Å². The molecule has 0 unspecified atom stereocenters. The lowest BCUT2D eigenvalue weighted by Gasteiger charge is -2.02. The Kier molecular flexibility index (Phi) is 2.50. The van der Waals surface area contributed by atoms with Gasteiger partial charge >= 0.3 is 5.82 Å². The molecule has 0 saturated carbocycles. The summed E-state index contributed by atoms with van der Waals surface area (Å²) in [6.07, 6.45) is 4.68. The highest BCUT2D eigenvalue weighted by molar-refractivity contribution is 5.65. The lowest BCUT2D eigenvalue weighted by molar-refractivity contribution is -0.388. The SMILES string of the molecule is Cn1cc(Nc2cccnc2[N+](=O)[O-])cn1. The van der Waals surface area contributed by atoms with Gasteiger partial charge in [0.15, 0.2) is 0 Å². The van der Waals surface area contributed by atoms with Gasteiger partial charge in [-0.15, -0.1) is 0 Å². The first-order valence-electron chi connectivity index (χ1n) is 4.52. The Balaban J connectivity index is 2.31. The van der Waals surface area contributed by atoms with Gasteiger partial charge in [-0.2, -0.15) is 5.10 Å². The second-order valence-electron chi connectivity index (χ2n) is 3.16. The van der Waals surface area contributed by atoms with Gasteiger partial charge < -0.3 is 15.4 Å². The number of nitrogens with one attached hydrogen (secondary N) is 1. The maximum absolute atomic E-state index is 10.7. The van der Waals surface area contributed by atoms with Gasteiger partial charge in [0.2, 0.25) is 0 Å². The maximum atomic E-state index is 10.7. The zero-order valence-electron chi connectivity index (χ0n) is 8.49. The van der Waals surface area contributed by atoms with E-state index < -0.39 is 4.92 Å². The molecule has 0 spiro atoms. The molecular formula is C9H9N5O2. The van der Waals surface area contributed by atoms with Gasteiger partial charge in [0.1, 0.15) is 11.9 Å². The molecule has 2 aromatic rings. The van der Waals surface area contributed by atoms with Crippen LogP contribution in [0.2, 0.25) is 0 Å². The molecule has 0 aliphatic heterocycles. The highest BCUT2D eigenvalue weighted by Crippen LogP contribution is 2.23. The first-order chi connectivity index (χ1) is 7.66. The molecule has 2 rings (SSSR count). The molecule has 16 heavy (non-hydrogen) atoms. The van der Waals surface area contributed by atoms with Gasteiger partial charge in [-0.25, -0.2) is 0 Å². The second kappa shape index (κ2) is 3.97. The lowest BCUT2D eigenvalue weighted by Crippen LogP contribution is -1.98. The average Bonchev–Trinajstić information content (AvgIpc) is 2.64. The number of hydrogen-bond donors (Lipinski definition) is 1. The van der Waals surface area contributed by atoms with Crippen molar-refractivity contribution in [2.45, 2.75) is 0 Å². The molecule has 0 amide bonds. The van der Waals surface area contributed by atoms with Crippen LogP contribution >= 0.6 is 0 Å². The first kappa shape index (κ1) is 10.1. The maximum Gasteiger partial charge on any atom is 0.387 e. The van der Waals surface area contributed by atoms with Crippen LogP contribution in [0.5, 0.6) is 0 Å². The molecular weight excluding hydrogens is 210 g/mol. The molecule has 0 aliphatic rings. The van der Waals surface area contributed by atoms with Crippen molar-refractivity contribution in [1.82, 2.24) is 14.8 Å². The average molecular weight is 219 g/mol. The van der Waals surface area contributed by atoms with E-state index in [9.17, 15) is 10.1 Å². The van der Waals surface area contributed by atoms with E-state index in [1.165, 1.54) is 6.20 Å². The van der Waals surface area contributed by atoms with Gasteiger partial charge in [0.05, 0.1) is 11.9 Å². The Hall–Kier alpha value is -2.44. The van der Waals surface area contributed by atoms with Gasteiger partial charge in [0.25, 0.3) is 0 Å². The Morgan fingerprint density at radius 3 is 3.00 bits per heavy atom. The normalized spacial score (nSPS) is 10.1. The van der Waals surface area contributed by atoms with E-state index in [1.54, 1.807) is 36.3 Å². The number of nitro groups is 1. The van der Waals surface area contributed by atoms with Crippen LogP contribution in [-0.2, 0) is 7.05 Å². The van der Waals surface area contributed by atoms with Crippen molar-refractivity contribution in [1.29, 1.82) is 0 Å². The van der Waals surface area contributed by atoms with Crippen LogP contribution in [0.4, 0.5) is 17.2 Å². The summed E-state index contributed by atoms with van der Waals surface area (Å²) in [7, 11) is 1.77. The Bertz CT molecular complexity index is 522. The van der Waals surface area contributed by atoms with Gasteiger partial charge in [0, 0.05) is 13.2 Å². The molecule has 2 heterocycles. The number of aromatic nitrogens is 3. The van der Waals surface area contributed by atoms with Crippen molar-refractivity contribution in [3.8, 4) is 0 Å². The Morgan fingerprint density at radius 1 is 1.56 bits per heavy atom. The van der Waals surface area contributed by atoms with Crippen LogP contribution in [-0.4, -0.2) is 19.7 Å². The predicted molar refractivity (Wildman–Crippen MR) is 57.4 cm³/mol. The van der Waals surface area contributed by atoms with Crippen molar-refractivity contribution < 1.29 is 4.92 Å². The summed E-state index contributed by atoms with van der Waals surface area (Å²) < 4.78 is 1.60. The Labute approximate surface area is 90.9 Å². The summed E-state index contributed by atoms with van der Waals surface area (Å²) in [5.41, 5.74) is 1.03. The van der Waals surface area contributed by atoms with Crippen LogP contribution in [0, 0.1) is 10.1 Å². The van der Waals surface area contributed by atoms with Crippen LogP contribution in [0.3, 0.4) is 0 Å². The number of rotatable bonds is 3. The molecule has 0 bridgehead atoms. The number of pyridine rings is 1. The summed E-state index contributed by atoms with van der Waals surface area (Å²) in [5.74, 6) is -0.202. The molecule has 1 N–H and O–H groups in total. The first-order valence-corrected chi connectivity index (χ1v) is 4.52. The smallest absolute Gasteiger partial charge is 0.358 e. The molecule has 2 aromatic heterocycles. The zero-order chi connectivity index (χ0) is 11.5. The fourth-order valence-corrected chi connectivity index (χ4v) is 1.28. The summed E-state index contributed by atoms with van der Waals surface area (Å²) in [4.78, 5) is 13.9. The van der Waals surface area contributed by atoms with Crippen LogP contribution in [0.1, 0.15) is 0 Å². The third-order valence-corrected chi connectivity index (χ3v) is 1.94. The number of nitrogens with zero attached hydrogens (tertiary/aromatic N) is 4. The van der Waals surface area contributed by atoms with Crippen molar-refractivity contribution >= 4 is 17.2 Å². The van der Waals surface area contributed by atoms with Gasteiger partial charge in [-0.1, -0.05) is 0 Å². The van der Waals surface area contributed by atoms with Crippen LogP contribution < -0.4 is 5.32 Å².